The summed E-state index contributed by atoms with van der Waals surface area (Å²) in [6.07, 6.45) is 36.9. The van der Waals surface area contributed by atoms with Crippen LogP contribution in [0.2, 0.25) is 0 Å². The number of rotatable bonds is 29. The monoisotopic (exact) mass is 529 g/mol. The van der Waals surface area contributed by atoms with E-state index in [0.717, 1.165) is 23.5 Å². The van der Waals surface area contributed by atoms with Crippen molar-refractivity contribution in [3.05, 3.63) is 0 Å². The average molecular weight is 530 g/mol. The SMILES string of the molecule is O=C(CCCCCCCCCCCCCCCCCCCCCCCCCCCCC(=S)S)NO. The van der Waals surface area contributed by atoms with Gasteiger partial charge in [-0.15, -0.1) is 12.6 Å². The molecule has 0 aliphatic rings. The van der Waals surface area contributed by atoms with Gasteiger partial charge in [0.15, 0.2) is 0 Å². The smallest absolute Gasteiger partial charge is 0.243 e. The zero-order valence-electron chi connectivity index (χ0n) is 23.0. The van der Waals surface area contributed by atoms with Gasteiger partial charge in [-0.25, -0.2) is 5.48 Å². The topological polar surface area (TPSA) is 49.3 Å². The van der Waals surface area contributed by atoms with E-state index in [4.69, 9.17) is 17.4 Å². The summed E-state index contributed by atoms with van der Waals surface area (Å²) in [5.41, 5.74) is 1.69. The second kappa shape index (κ2) is 30.1. The minimum atomic E-state index is -0.258. The van der Waals surface area contributed by atoms with Gasteiger partial charge in [0.05, 0.1) is 0 Å². The van der Waals surface area contributed by atoms with Crippen LogP contribution >= 0.6 is 24.8 Å². The van der Waals surface area contributed by atoms with Crippen LogP contribution in [0.4, 0.5) is 0 Å². The summed E-state index contributed by atoms with van der Waals surface area (Å²) in [6, 6.07) is 0. The molecule has 2 N–H and O–H groups in total. The Kier molecular flexibility index (Phi) is 30.0. The first-order valence-corrected chi connectivity index (χ1v) is 16.2. The molecule has 0 saturated heterocycles. The molecule has 0 atom stereocenters. The molecule has 0 spiro atoms. The van der Waals surface area contributed by atoms with Gasteiger partial charge in [0.1, 0.15) is 0 Å². The number of hydrogen-bond acceptors (Lipinski definition) is 3. The number of hydrogen-bond donors (Lipinski definition) is 3. The van der Waals surface area contributed by atoms with E-state index in [9.17, 15) is 4.79 Å². The van der Waals surface area contributed by atoms with Crippen molar-refractivity contribution in [3.63, 3.8) is 0 Å². The Hall–Kier alpha value is -0.130. The Morgan fingerprint density at radius 3 is 0.857 bits per heavy atom. The highest BCUT2D eigenvalue weighted by atomic mass is 32.1. The molecule has 0 aromatic heterocycles. The quantitative estimate of drug-likeness (QED) is 0.0297. The number of unbranched alkanes of at least 4 members (excludes halogenated alkanes) is 25. The number of carbonyl (C=O) groups is 1. The normalized spacial score (nSPS) is 11.1. The first-order chi connectivity index (χ1) is 17.2. The van der Waals surface area contributed by atoms with Crippen molar-refractivity contribution in [2.75, 3.05) is 0 Å². The van der Waals surface area contributed by atoms with Gasteiger partial charge in [-0.1, -0.05) is 166 Å². The fourth-order valence-corrected chi connectivity index (χ4v) is 5.16. The third-order valence-electron chi connectivity index (χ3n) is 7.17. The first kappa shape index (κ1) is 34.9. The molecule has 3 nitrogen and oxygen atoms in total. The molecule has 0 aliphatic carbocycles. The van der Waals surface area contributed by atoms with Gasteiger partial charge >= 0.3 is 0 Å². The molecule has 0 bridgehead atoms. The summed E-state index contributed by atoms with van der Waals surface area (Å²) in [5, 5.41) is 8.44. The average Bonchev–Trinajstić information content (AvgIpc) is 2.85. The largest absolute Gasteiger partial charge is 0.289 e. The summed E-state index contributed by atoms with van der Waals surface area (Å²) in [6.45, 7) is 0. The Bertz CT molecular complexity index is 460. The van der Waals surface area contributed by atoms with E-state index < -0.39 is 0 Å². The van der Waals surface area contributed by atoms with Crippen molar-refractivity contribution in [2.24, 2.45) is 0 Å². The van der Waals surface area contributed by atoms with Crippen molar-refractivity contribution >= 4 is 35.0 Å². The van der Waals surface area contributed by atoms with E-state index in [1.165, 1.54) is 154 Å². The lowest BCUT2D eigenvalue weighted by Crippen LogP contribution is -2.17. The van der Waals surface area contributed by atoms with Crippen molar-refractivity contribution in [1.82, 2.24) is 5.48 Å². The predicted molar refractivity (Wildman–Crippen MR) is 161 cm³/mol. The Morgan fingerprint density at radius 1 is 0.457 bits per heavy atom. The molecule has 0 unspecified atom stereocenters. The zero-order valence-corrected chi connectivity index (χ0v) is 24.7. The van der Waals surface area contributed by atoms with Crippen LogP contribution in [-0.4, -0.2) is 15.3 Å². The van der Waals surface area contributed by atoms with Crippen LogP contribution in [0.15, 0.2) is 0 Å². The van der Waals surface area contributed by atoms with E-state index in [0.29, 0.717) is 6.42 Å². The molecule has 0 saturated carbocycles. The lowest BCUT2D eigenvalue weighted by Gasteiger charge is -2.04. The summed E-state index contributed by atoms with van der Waals surface area (Å²) >= 11 is 9.18. The minimum absolute atomic E-state index is 0.258. The second-order valence-corrected chi connectivity index (χ2v) is 12.0. The summed E-state index contributed by atoms with van der Waals surface area (Å²) < 4.78 is 0.869. The fourth-order valence-electron chi connectivity index (χ4n) is 4.86. The number of carbonyl (C=O) groups excluding carboxylic acids is 1. The lowest BCUT2D eigenvalue weighted by atomic mass is 10.0. The van der Waals surface area contributed by atoms with Gasteiger partial charge in [-0.2, -0.15) is 0 Å². The highest BCUT2D eigenvalue weighted by Gasteiger charge is 1.99. The number of hydroxylamine groups is 1. The molecular weight excluding hydrogens is 470 g/mol. The zero-order chi connectivity index (χ0) is 25.7. The lowest BCUT2D eigenvalue weighted by molar-refractivity contribution is -0.129. The van der Waals surface area contributed by atoms with E-state index in [1.807, 2.05) is 0 Å². The van der Waals surface area contributed by atoms with Gasteiger partial charge in [0.25, 0.3) is 0 Å². The molecule has 0 aliphatic heterocycles. The van der Waals surface area contributed by atoms with Gasteiger partial charge in [-0.05, 0) is 19.3 Å². The van der Waals surface area contributed by atoms with Crippen LogP contribution in [-0.2, 0) is 4.79 Å². The Morgan fingerprint density at radius 2 is 0.657 bits per heavy atom. The van der Waals surface area contributed by atoms with Gasteiger partial charge < -0.3 is 0 Å². The fraction of sp³-hybridized carbons (Fsp3) is 0.933. The third-order valence-corrected chi connectivity index (χ3v) is 7.60. The van der Waals surface area contributed by atoms with Crippen molar-refractivity contribution < 1.29 is 10.0 Å². The molecule has 208 valence electrons. The molecule has 0 aromatic rings. The van der Waals surface area contributed by atoms with Crippen molar-refractivity contribution in [3.8, 4) is 0 Å². The van der Waals surface area contributed by atoms with Crippen LogP contribution in [0.25, 0.3) is 0 Å². The molecule has 1 amide bonds. The van der Waals surface area contributed by atoms with E-state index >= 15 is 0 Å². The molecule has 0 radical (unpaired) electrons. The Labute approximate surface area is 229 Å². The molecular formula is C30H59NO2S2. The van der Waals surface area contributed by atoms with Crippen molar-refractivity contribution in [1.29, 1.82) is 0 Å². The number of nitrogens with one attached hydrogen (secondary N) is 1. The first-order valence-electron chi connectivity index (χ1n) is 15.3. The van der Waals surface area contributed by atoms with E-state index in [-0.39, 0.29) is 5.91 Å². The van der Waals surface area contributed by atoms with Crippen LogP contribution in [0.3, 0.4) is 0 Å². The maximum Gasteiger partial charge on any atom is 0.243 e. The second-order valence-electron chi connectivity index (χ2n) is 10.6. The maximum atomic E-state index is 10.9. The third kappa shape index (κ3) is 31.8. The summed E-state index contributed by atoms with van der Waals surface area (Å²) in [5.74, 6) is -0.258. The molecule has 5 heteroatoms. The van der Waals surface area contributed by atoms with E-state index in [2.05, 4.69) is 12.6 Å². The van der Waals surface area contributed by atoms with Crippen LogP contribution in [0.5, 0.6) is 0 Å². The summed E-state index contributed by atoms with van der Waals surface area (Å²) in [4.78, 5) is 10.9. The number of thiocarbonyl (C=S) groups is 1. The molecule has 0 aromatic carbocycles. The van der Waals surface area contributed by atoms with Gasteiger partial charge in [0, 0.05) is 10.6 Å². The minimum Gasteiger partial charge on any atom is -0.289 e. The van der Waals surface area contributed by atoms with Crippen molar-refractivity contribution in [2.45, 2.75) is 180 Å². The van der Waals surface area contributed by atoms with Gasteiger partial charge in [-0.3, -0.25) is 10.0 Å². The predicted octanol–water partition coefficient (Wildman–Crippen LogP) is 10.7. The van der Waals surface area contributed by atoms with E-state index in [1.54, 1.807) is 5.48 Å². The molecule has 0 heterocycles. The number of amides is 1. The highest BCUT2D eigenvalue weighted by molar-refractivity contribution is 8.11. The summed E-state index contributed by atoms with van der Waals surface area (Å²) in [7, 11) is 0. The molecule has 0 fully saturated rings. The number of thiol groups is 1. The Balaban J connectivity index is 3.04. The molecule has 35 heavy (non-hydrogen) atoms. The van der Waals surface area contributed by atoms with Crippen LogP contribution < -0.4 is 5.48 Å². The van der Waals surface area contributed by atoms with Gasteiger partial charge in [0.2, 0.25) is 5.91 Å². The molecule has 0 rings (SSSR count). The highest BCUT2D eigenvalue weighted by Crippen LogP contribution is 2.16. The van der Waals surface area contributed by atoms with Crippen LogP contribution in [0, 0.1) is 0 Å². The maximum absolute atomic E-state index is 10.9. The van der Waals surface area contributed by atoms with Crippen LogP contribution in [0.1, 0.15) is 180 Å². The standard InChI is InChI=1S/C30H59NO2S2/c32-29(31-33)27-25-23-21-19-17-15-13-11-9-7-5-3-1-2-4-6-8-10-12-14-16-18-20-22-24-26-28-30(34)35/h33H,1-28H2,(H,31,32)(H,34,35).